The number of nitrogens with zero attached hydrogens (tertiary/aromatic N) is 1. The van der Waals surface area contributed by atoms with Crippen LogP contribution in [0.3, 0.4) is 0 Å². The highest BCUT2D eigenvalue weighted by Gasteiger charge is 2.02. The van der Waals surface area contributed by atoms with E-state index in [9.17, 15) is 4.79 Å². The van der Waals surface area contributed by atoms with Crippen molar-refractivity contribution in [1.82, 2.24) is 5.43 Å². The number of amides is 1. The molecule has 0 heterocycles. The summed E-state index contributed by atoms with van der Waals surface area (Å²) in [5.74, 6) is -0.0594. The lowest BCUT2D eigenvalue weighted by molar-refractivity contribution is 0.0955. The predicted octanol–water partition coefficient (Wildman–Crippen LogP) is 2.46. The SMILES string of the molecule is Cc1ccc(C(=O)NN=Cc2ccc(O)cc2)cc1. The summed E-state index contributed by atoms with van der Waals surface area (Å²) in [5.41, 5.74) is 4.91. The van der Waals surface area contributed by atoms with Gasteiger partial charge < -0.3 is 5.11 Å². The third kappa shape index (κ3) is 3.67. The fourth-order valence-corrected chi connectivity index (χ4v) is 1.50. The van der Waals surface area contributed by atoms with Gasteiger partial charge in [-0.2, -0.15) is 5.10 Å². The molecule has 0 aliphatic rings. The molecule has 1 amide bonds. The maximum absolute atomic E-state index is 11.7. The zero-order valence-corrected chi connectivity index (χ0v) is 10.5. The van der Waals surface area contributed by atoms with Crippen molar-refractivity contribution >= 4 is 12.1 Å². The number of nitrogens with one attached hydrogen (secondary N) is 1. The maximum Gasteiger partial charge on any atom is 0.271 e. The van der Waals surface area contributed by atoms with Gasteiger partial charge in [0.15, 0.2) is 0 Å². The molecule has 2 rings (SSSR count). The van der Waals surface area contributed by atoms with Gasteiger partial charge in [0.05, 0.1) is 6.21 Å². The van der Waals surface area contributed by atoms with E-state index in [2.05, 4.69) is 10.5 Å². The summed E-state index contributed by atoms with van der Waals surface area (Å²) >= 11 is 0. The number of benzene rings is 2. The Morgan fingerprint density at radius 1 is 1.11 bits per heavy atom. The number of hydrogen-bond donors (Lipinski definition) is 2. The predicted molar refractivity (Wildman–Crippen MR) is 74.3 cm³/mol. The quantitative estimate of drug-likeness (QED) is 0.653. The van der Waals surface area contributed by atoms with Crippen LogP contribution in [-0.4, -0.2) is 17.2 Å². The average molecular weight is 254 g/mol. The molecule has 0 saturated carbocycles. The van der Waals surface area contributed by atoms with Crippen LogP contribution in [0.2, 0.25) is 0 Å². The molecule has 0 atom stereocenters. The van der Waals surface area contributed by atoms with E-state index in [-0.39, 0.29) is 11.7 Å². The molecular weight excluding hydrogens is 240 g/mol. The minimum Gasteiger partial charge on any atom is -0.508 e. The molecule has 0 radical (unpaired) electrons. The monoisotopic (exact) mass is 254 g/mol. The Labute approximate surface area is 111 Å². The van der Waals surface area contributed by atoms with E-state index >= 15 is 0 Å². The number of phenolic OH excluding ortho intramolecular Hbond substituents is 1. The van der Waals surface area contributed by atoms with E-state index in [0.29, 0.717) is 5.56 Å². The Bertz CT molecular complexity index is 587. The molecule has 0 saturated heterocycles. The molecule has 96 valence electrons. The van der Waals surface area contributed by atoms with Crippen molar-refractivity contribution in [3.05, 3.63) is 65.2 Å². The van der Waals surface area contributed by atoms with Crippen molar-refractivity contribution in [2.45, 2.75) is 6.92 Å². The number of carbonyl (C=O) groups is 1. The summed E-state index contributed by atoms with van der Waals surface area (Å²) in [4.78, 5) is 11.7. The second-order valence-corrected chi connectivity index (χ2v) is 4.16. The summed E-state index contributed by atoms with van der Waals surface area (Å²) in [7, 11) is 0. The maximum atomic E-state index is 11.7. The van der Waals surface area contributed by atoms with E-state index in [1.165, 1.54) is 6.21 Å². The number of aryl methyl sites for hydroxylation is 1. The minimum atomic E-state index is -0.255. The lowest BCUT2D eigenvalue weighted by Gasteiger charge is -2.00. The van der Waals surface area contributed by atoms with Crippen molar-refractivity contribution in [3.8, 4) is 5.75 Å². The number of hydrogen-bond acceptors (Lipinski definition) is 3. The van der Waals surface area contributed by atoms with E-state index in [0.717, 1.165) is 11.1 Å². The molecule has 0 aromatic heterocycles. The summed E-state index contributed by atoms with van der Waals surface area (Å²) < 4.78 is 0. The van der Waals surface area contributed by atoms with Crippen LogP contribution >= 0.6 is 0 Å². The van der Waals surface area contributed by atoms with E-state index < -0.39 is 0 Å². The first-order valence-corrected chi connectivity index (χ1v) is 5.84. The number of aromatic hydroxyl groups is 1. The van der Waals surface area contributed by atoms with Crippen LogP contribution in [0.15, 0.2) is 53.6 Å². The standard InChI is InChI=1S/C15H14N2O2/c1-11-2-6-13(7-3-11)15(19)17-16-10-12-4-8-14(18)9-5-12/h2-10,18H,1H3,(H,17,19). The number of phenols is 1. The second kappa shape index (κ2) is 5.82. The number of rotatable bonds is 3. The molecule has 0 bridgehead atoms. The summed E-state index contributed by atoms with van der Waals surface area (Å²) in [6, 6.07) is 13.8. The summed E-state index contributed by atoms with van der Waals surface area (Å²) in [5, 5.41) is 13.0. The van der Waals surface area contributed by atoms with Gasteiger partial charge in [-0.25, -0.2) is 5.43 Å². The summed E-state index contributed by atoms with van der Waals surface area (Å²) in [6.07, 6.45) is 1.52. The van der Waals surface area contributed by atoms with Crippen molar-refractivity contribution in [2.75, 3.05) is 0 Å². The zero-order chi connectivity index (χ0) is 13.7. The molecule has 2 aromatic rings. The van der Waals surface area contributed by atoms with E-state index in [1.807, 2.05) is 19.1 Å². The lowest BCUT2D eigenvalue weighted by Crippen LogP contribution is -2.17. The Morgan fingerprint density at radius 2 is 1.74 bits per heavy atom. The van der Waals surface area contributed by atoms with E-state index in [1.54, 1.807) is 36.4 Å². The number of hydrazone groups is 1. The molecular formula is C15H14N2O2. The van der Waals surface area contributed by atoms with Gasteiger partial charge in [0.2, 0.25) is 0 Å². The molecule has 4 nitrogen and oxygen atoms in total. The van der Waals surface area contributed by atoms with Crippen molar-refractivity contribution in [3.63, 3.8) is 0 Å². The summed E-state index contributed by atoms with van der Waals surface area (Å²) in [6.45, 7) is 1.96. The fourth-order valence-electron chi connectivity index (χ4n) is 1.50. The van der Waals surface area contributed by atoms with Crippen molar-refractivity contribution in [1.29, 1.82) is 0 Å². The Balaban J connectivity index is 1.96. The fraction of sp³-hybridized carbons (Fsp3) is 0.0667. The van der Waals surface area contributed by atoms with Gasteiger partial charge in [-0.1, -0.05) is 17.7 Å². The molecule has 2 N–H and O–H groups in total. The van der Waals surface area contributed by atoms with Gasteiger partial charge in [0.1, 0.15) is 5.75 Å². The molecule has 4 heteroatoms. The minimum absolute atomic E-state index is 0.195. The number of carbonyl (C=O) groups excluding carboxylic acids is 1. The highest BCUT2D eigenvalue weighted by molar-refractivity contribution is 5.94. The third-order valence-corrected chi connectivity index (χ3v) is 2.59. The van der Waals surface area contributed by atoms with Crippen LogP contribution in [0.5, 0.6) is 5.75 Å². The molecule has 19 heavy (non-hydrogen) atoms. The van der Waals surface area contributed by atoms with Crippen LogP contribution in [0.25, 0.3) is 0 Å². The van der Waals surface area contributed by atoms with Crippen LogP contribution in [0, 0.1) is 6.92 Å². The molecule has 0 aliphatic carbocycles. The molecule has 0 unspecified atom stereocenters. The third-order valence-electron chi connectivity index (χ3n) is 2.59. The van der Waals surface area contributed by atoms with Crippen LogP contribution in [0.1, 0.15) is 21.5 Å². The van der Waals surface area contributed by atoms with Crippen LogP contribution < -0.4 is 5.43 Å². The normalized spacial score (nSPS) is 10.6. The van der Waals surface area contributed by atoms with Gasteiger partial charge >= 0.3 is 0 Å². The zero-order valence-electron chi connectivity index (χ0n) is 10.5. The van der Waals surface area contributed by atoms with Gasteiger partial charge in [-0.15, -0.1) is 0 Å². The Hall–Kier alpha value is -2.62. The topological polar surface area (TPSA) is 61.7 Å². The molecule has 2 aromatic carbocycles. The van der Waals surface area contributed by atoms with Gasteiger partial charge in [-0.3, -0.25) is 4.79 Å². The van der Waals surface area contributed by atoms with E-state index in [4.69, 9.17) is 5.11 Å². The lowest BCUT2D eigenvalue weighted by atomic mass is 10.1. The first kappa shape index (κ1) is 12.8. The van der Waals surface area contributed by atoms with Gasteiger partial charge in [-0.05, 0) is 48.9 Å². The average Bonchev–Trinajstić information content (AvgIpc) is 2.41. The van der Waals surface area contributed by atoms with Crippen LogP contribution in [-0.2, 0) is 0 Å². The Morgan fingerprint density at radius 3 is 2.37 bits per heavy atom. The Kier molecular flexibility index (Phi) is 3.93. The van der Waals surface area contributed by atoms with Crippen LogP contribution in [0.4, 0.5) is 0 Å². The van der Waals surface area contributed by atoms with Gasteiger partial charge in [0, 0.05) is 5.56 Å². The first-order valence-electron chi connectivity index (χ1n) is 5.84. The highest BCUT2D eigenvalue weighted by Crippen LogP contribution is 2.07. The molecule has 0 fully saturated rings. The highest BCUT2D eigenvalue weighted by atomic mass is 16.3. The molecule has 0 spiro atoms. The second-order valence-electron chi connectivity index (χ2n) is 4.16. The largest absolute Gasteiger partial charge is 0.508 e. The molecule has 0 aliphatic heterocycles. The van der Waals surface area contributed by atoms with Crippen molar-refractivity contribution < 1.29 is 9.90 Å². The van der Waals surface area contributed by atoms with Gasteiger partial charge in [0.25, 0.3) is 5.91 Å². The smallest absolute Gasteiger partial charge is 0.271 e. The van der Waals surface area contributed by atoms with Crippen molar-refractivity contribution in [2.24, 2.45) is 5.10 Å². The first-order chi connectivity index (χ1) is 9.15.